The molecule has 2 amide bonds. The van der Waals surface area contributed by atoms with Crippen molar-refractivity contribution in [3.8, 4) is 11.4 Å². The first-order valence-electron chi connectivity index (χ1n) is 11.0. The summed E-state index contributed by atoms with van der Waals surface area (Å²) >= 11 is 6.16. The van der Waals surface area contributed by atoms with Gasteiger partial charge in [-0.2, -0.15) is 0 Å². The van der Waals surface area contributed by atoms with Gasteiger partial charge in [-0.25, -0.2) is 9.78 Å². The first kappa shape index (κ1) is 23.5. The van der Waals surface area contributed by atoms with E-state index in [9.17, 15) is 14.4 Å². The van der Waals surface area contributed by atoms with Crippen molar-refractivity contribution in [2.45, 2.75) is 33.4 Å². The smallest absolute Gasteiger partial charge is 0.410 e. The average Bonchev–Trinajstić information content (AvgIpc) is 2.82. The predicted molar refractivity (Wildman–Crippen MR) is 130 cm³/mol. The van der Waals surface area contributed by atoms with Gasteiger partial charge in [0.1, 0.15) is 12.4 Å². The lowest BCUT2D eigenvalue weighted by Gasteiger charge is -2.28. The van der Waals surface area contributed by atoms with E-state index in [1.807, 2.05) is 31.2 Å². The van der Waals surface area contributed by atoms with Gasteiger partial charge in [0, 0.05) is 17.7 Å². The molecule has 8 nitrogen and oxygen atoms in total. The summed E-state index contributed by atoms with van der Waals surface area (Å²) in [7, 11) is 0. The number of amides is 2. The number of aryl methyl sites for hydroxylation is 1. The van der Waals surface area contributed by atoms with Crippen molar-refractivity contribution >= 4 is 29.3 Å². The Labute approximate surface area is 202 Å². The van der Waals surface area contributed by atoms with Crippen LogP contribution in [0.15, 0.2) is 53.3 Å². The highest BCUT2D eigenvalue weighted by Gasteiger charge is 2.27. The third-order valence-corrected chi connectivity index (χ3v) is 5.94. The van der Waals surface area contributed by atoms with E-state index in [0.717, 1.165) is 5.56 Å². The Hall–Kier alpha value is -3.65. The molecule has 0 atom stereocenters. The van der Waals surface area contributed by atoms with E-state index in [0.29, 0.717) is 46.3 Å². The van der Waals surface area contributed by atoms with Gasteiger partial charge in [-0.15, -0.1) is 0 Å². The quantitative estimate of drug-likeness (QED) is 0.595. The Morgan fingerprint density at radius 1 is 1.15 bits per heavy atom. The molecule has 2 heterocycles. The molecule has 1 aliphatic heterocycles. The minimum atomic E-state index is -0.435. The molecule has 9 heteroatoms. The number of hydrogen-bond acceptors (Lipinski definition) is 5. The molecule has 0 unspecified atom stereocenters. The van der Waals surface area contributed by atoms with E-state index in [4.69, 9.17) is 21.3 Å². The number of benzene rings is 2. The van der Waals surface area contributed by atoms with Crippen molar-refractivity contribution in [3.05, 3.63) is 80.7 Å². The van der Waals surface area contributed by atoms with E-state index >= 15 is 0 Å². The number of aromatic nitrogens is 2. The second kappa shape index (κ2) is 10.1. The minimum absolute atomic E-state index is 0.176. The number of halogens is 1. The summed E-state index contributed by atoms with van der Waals surface area (Å²) in [5.41, 5.74) is 2.95. The van der Waals surface area contributed by atoms with Gasteiger partial charge in [-0.1, -0.05) is 53.6 Å². The van der Waals surface area contributed by atoms with Crippen LogP contribution in [-0.2, 0) is 29.0 Å². The largest absolute Gasteiger partial charge is 0.450 e. The van der Waals surface area contributed by atoms with Crippen molar-refractivity contribution in [3.63, 3.8) is 0 Å². The van der Waals surface area contributed by atoms with E-state index in [1.165, 1.54) is 9.47 Å². The van der Waals surface area contributed by atoms with Crippen LogP contribution in [0, 0.1) is 6.92 Å². The zero-order valence-corrected chi connectivity index (χ0v) is 19.8. The van der Waals surface area contributed by atoms with Gasteiger partial charge in [0.25, 0.3) is 5.56 Å². The Balaban J connectivity index is 1.72. The molecule has 0 saturated carbocycles. The van der Waals surface area contributed by atoms with E-state index in [1.54, 1.807) is 31.2 Å². The molecule has 2 aromatic carbocycles. The summed E-state index contributed by atoms with van der Waals surface area (Å²) in [6.45, 7) is 4.27. The van der Waals surface area contributed by atoms with Crippen LogP contribution in [0.25, 0.3) is 11.4 Å². The maximum atomic E-state index is 13.5. The van der Waals surface area contributed by atoms with Crippen LogP contribution in [0.2, 0.25) is 5.02 Å². The van der Waals surface area contributed by atoms with Gasteiger partial charge in [-0.3, -0.25) is 14.2 Å². The number of nitrogens with zero attached hydrogens (tertiary/aromatic N) is 3. The molecule has 0 aliphatic carbocycles. The fraction of sp³-hybridized carbons (Fsp3) is 0.280. The van der Waals surface area contributed by atoms with Crippen LogP contribution in [-0.4, -0.2) is 39.6 Å². The maximum absolute atomic E-state index is 13.5. The topological polar surface area (TPSA) is 93.5 Å². The molecule has 0 fully saturated rings. The summed E-state index contributed by atoms with van der Waals surface area (Å²) in [5, 5.41) is 3.17. The van der Waals surface area contributed by atoms with Crippen molar-refractivity contribution in [1.29, 1.82) is 0 Å². The number of ether oxygens (including phenoxy) is 1. The van der Waals surface area contributed by atoms with Crippen molar-refractivity contribution in [1.82, 2.24) is 14.5 Å². The Kier molecular flexibility index (Phi) is 6.98. The zero-order chi connectivity index (χ0) is 24.2. The summed E-state index contributed by atoms with van der Waals surface area (Å²) in [4.78, 5) is 44.9. The number of para-hydroxylation sites is 1. The monoisotopic (exact) mass is 480 g/mol. The molecular formula is C25H25ClN4O4. The standard InChI is InChI=1S/C25H25ClN4O4/c1-3-34-25(33)29-13-12-18-21(14-29)28-23(17-10-8-16(2)9-11-17)30(24(18)32)15-22(31)27-20-7-5-4-6-19(20)26/h4-11H,3,12-15H2,1-2H3,(H,27,31). The second-order valence-corrected chi connectivity index (χ2v) is 8.42. The molecule has 1 N–H and O–H groups in total. The lowest BCUT2D eigenvalue weighted by atomic mass is 10.1. The number of hydrogen-bond donors (Lipinski definition) is 1. The molecule has 0 spiro atoms. The minimum Gasteiger partial charge on any atom is -0.450 e. The summed E-state index contributed by atoms with van der Waals surface area (Å²) in [6.07, 6.45) is -0.101. The van der Waals surface area contributed by atoms with Gasteiger partial charge in [-0.05, 0) is 32.4 Å². The average molecular weight is 481 g/mol. The molecule has 176 valence electrons. The first-order valence-corrected chi connectivity index (χ1v) is 11.4. The molecule has 0 bridgehead atoms. The molecule has 1 aromatic heterocycles. The number of nitrogens with one attached hydrogen (secondary N) is 1. The highest BCUT2D eigenvalue weighted by molar-refractivity contribution is 6.33. The number of fused-ring (bicyclic) bond motifs is 1. The van der Waals surface area contributed by atoms with Crippen LogP contribution in [0.5, 0.6) is 0 Å². The van der Waals surface area contributed by atoms with Crippen molar-refractivity contribution < 1.29 is 14.3 Å². The summed E-state index contributed by atoms with van der Waals surface area (Å²) < 4.78 is 6.49. The fourth-order valence-corrected chi connectivity index (χ4v) is 4.05. The highest BCUT2D eigenvalue weighted by Crippen LogP contribution is 2.23. The lowest BCUT2D eigenvalue weighted by Crippen LogP contribution is -2.42. The van der Waals surface area contributed by atoms with Gasteiger partial charge in [0.05, 0.1) is 29.6 Å². The third kappa shape index (κ3) is 4.97. The third-order valence-electron chi connectivity index (χ3n) is 5.61. The molecule has 1 aliphatic rings. The van der Waals surface area contributed by atoms with E-state index in [-0.39, 0.29) is 25.3 Å². The Morgan fingerprint density at radius 3 is 2.59 bits per heavy atom. The highest BCUT2D eigenvalue weighted by atomic mass is 35.5. The lowest BCUT2D eigenvalue weighted by molar-refractivity contribution is -0.116. The van der Waals surface area contributed by atoms with Gasteiger partial charge >= 0.3 is 6.09 Å². The second-order valence-electron chi connectivity index (χ2n) is 8.02. The normalized spacial score (nSPS) is 12.7. The molecular weight excluding hydrogens is 456 g/mol. The number of rotatable bonds is 5. The molecule has 3 aromatic rings. The van der Waals surface area contributed by atoms with E-state index < -0.39 is 12.0 Å². The number of anilines is 1. The molecule has 34 heavy (non-hydrogen) atoms. The summed E-state index contributed by atoms with van der Waals surface area (Å²) in [5.74, 6) is -0.0296. The number of carbonyl (C=O) groups is 2. The van der Waals surface area contributed by atoms with Gasteiger partial charge in [0.2, 0.25) is 5.91 Å². The molecule has 0 radical (unpaired) electrons. The van der Waals surface area contributed by atoms with Crippen LogP contribution in [0.3, 0.4) is 0 Å². The predicted octanol–water partition coefficient (Wildman–Crippen LogP) is 4.03. The van der Waals surface area contributed by atoms with Crippen LogP contribution in [0.4, 0.5) is 10.5 Å². The number of carbonyl (C=O) groups excluding carboxylic acids is 2. The zero-order valence-electron chi connectivity index (χ0n) is 19.0. The van der Waals surface area contributed by atoms with Crippen LogP contribution in [0.1, 0.15) is 23.7 Å². The SMILES string of the molecule is CCOC(=O)N1CCc2c(nc(-c3ccc(C)cc3)n(CC(=O)Nc3ccccc3Cl)c2=O)C1. The fourth-order valence-electron chi connectivity index (χ4n) is 3.86. The van der Waals surface area contributed by atoms with Gasteiger partial charge < -0.3 is 15.0 Å². The first-order chi connectivity index (χ1) is 16.4. The van der Waals surface area contributed by atoms with Crippen LogP contribution >= 0.6 is 11.6 Å². The molecule has 4 rings (SSSR count). The molecule has 0 saturated heterocycles. The Morgan fingerprint density at radius 2 is 1.88 bits per heavy atom. The Bertz CT molecular complexity index is 1290. The van der Waals surface area contributed by atoms with Crippen LogP contribution < -0.4 is 10.9 Å². The maximum Gasteiger partial charge on any atom is 0.410 e. The van der Waals surface area contributed by atoms with Crippen molar-refractivity contribution in [2.75, 3.05) is 18.5 Å². The summed E-state index contributed by atoms with van der Waals surface area (Å²) in [6, 6.07) is 14.5. The van der Waals surface area contributed by atoms with Gasteiger partial charge in [0.15, 0.2) is 0 Å². The van der Waals surface area contributed by atoms with E-state index in [2.05, 4.69) is 5.32 Å². The van der Waals surface area contributed by atoms with Crippen molar-refractivity contribution in [2.24, 2.45) is 0 Å².